The van der Waals surface area contributed by atoms with E-state index in [1.165, 1.54) is 148 Å². The molecule has 0 fully saturated rings. The quantitative estimate of drug-likeness (QED) is 0.0323. The van der Waals surface area contributed by atoms with Crippen molar-refractivity contribution in [1.82, 2.24) is 5.32 Å². The SMILES string of the molecule is CCCCCCCCCCCC/C=C/C(O)C(CO)NC(=O)CCCCCCCCC/C=C\C/C=C\CCCCCOC(=O)CCCCCCCCCCCCCC. The first kappa shape index (κ1) is 56.1. The van der Waals surface area contributed by atoms with E-state index in [4.69, 9.17) is 4.74 Å². The van der Waals surface area contributed by atoms with Gasteiger partial charge in [0.2, 0.25) is 5.91 Å². The van der Waals surface area contributed by atoms with E-state index in [0.717, 1.165) is 83.5 Å². The van der Waals surface area contributed by atoms with Crippen molar-refractivity contribution in [2.75, 3.05) is 13.2 Å². The summed E-state index contributed by atoms with van der Waals surface area (Å²) in [6, 6.07) is -0.638. The summed E-state index contributed by atoms with van der Waals surface area (Å²) in [7, 11) is 0. The minimum absolute atomic E-state index is 0.0165. The van der Waals surface area contributed by atoms with Crippen LogP contribution in [-0.4, -0.2) is 47.4 Å². The Bertz CT molecular complexity index is 946. The van der Waals surface area contributed by atoms with Crippen molar-refractivity contribution >= 4 is 11.9 Å². The second kappa shape index (κ2) is 47.8. The van der Waals surface area contributed by atoms with E-state index in [9.17, 15) is 19.8 Å². The van der Waals surface area contributed by atoms with Crippen LogP contribution in [0.2, 0.25) is 0 Å². The number of aliphatic hydroxyl groups is 2. The van der Waals surface area contributed by atoms with Crippen molar-refractivity contribution in [3.05, 3.63) is 36.5 Å². The number of esters is 1. The molecule has 2 unspecified atom stereocenters. The molecule has 2 atom stereocenters. The molecule has 0 aliphatic rings. The first-order valence-corrected chi connectivity index (χ1v) is 25.3. The van der Waals surface area contributed by atoms with Crippen LogP contribution in [0.1, 0.15) is 258 Å². The zero-order valence-corrected chi connectivity index (χ0v) is 38.5. The molecule has 58 heavy (non-hydrogen) atoms. The molecule has 0 bridgehead atoms. The number of aliphatic hydroxyl groups excluding tert-OH is 2. The fourth-order valence-corrected chi connectivity index (χ4v) is 7.49. The molecule has 0 spiro atoms. The van der Waals surface area contributed by atoms with Crippen LogP contribution in [0.15, 0.2) is 36.5 Å². The molecule has 0 aromatic rings. The van der Waals surface area contributed by atoms with Gasteiger partial charge in [0, 0.05) is 12.8 Å². The highest BCUT2D eigenvalue weighted by Crippen LogP contribution is 2.15. The number of rotatable bonds is 46. The third-order valence-corrected chi connectivity index (χ3v) is 11.4. The Morgan fingerprint density at radius 3 is 1.31 bits per heavy atom. The third-order valence-electron chi connectivity index (χ3n) is 11.4. The van der Waals surface area contributed by atoms with E-state index in [2.05, 4.69) is 43.5 Å². The molecule has 0 aromatic carbocycles. The number of carbonyl (C=O) groups is 2. The highest BCUT2D eigenvalue weighted by Gasteiger charge is 2.18. The highest BCUT2D eigenvalue weighted by atomic mass is 16.5. The molecule has 3 N–H and O–H groups in total. The van der Waals surface area contributed by atoms with Crippen molar-refractivity contribution in [3.63, 3.8) is 0 Å². The van der Waals surface area contributed by atoms with Gasteiger partial charge in [-0.3, -0.25) is 9.59 Å². The maximum absolute atomic E-state index is 12.4. The average Bonchev–Trinajstić information content (AvgIpc) is 3.22. The zero-order valence-electron chi connectivity index (χ0n) is 38.5. The lowest BCUT2D eigenvalue weighted by Crippen LogP contribution is -2.45. The molecule has 0 aliphatic heterocycles. The Labute approximate surface area is 360 Å². The summed E-state index contributed by atoms with van der Waals surface area (Å²) in [4.78, 5) is 24.4. The summed E-state index contributed by atoms with van der Waals surface area (Å²) in [6.07, 6.45) is 57.1. The minimum atomic E-state index is -0.853. The molecule has 0 aliphatic carbocycles. The number of nitrogens with one attached hydrogen (secondary N) is 1. The van der Waals surface area contributed by atoms with Crippen LogP contribution in [0.3, 0.4) is 0 Å². The monoisotopic (exact) mass is 816 g/mol. The first-order chi connectivity index (χ1) is 28.5. The number of hydrogen-bond acceptors (Lipinski definition) is 5. The van der Waals surface area contributed by atoms with Crippen LogP contribution in [0, 0.1) is 0 Å². The second-order valence-corrected chi connectivity index (χ2v) is 17.1. The standard InChI is InChI=1S/C52H97NO5/c1-3-5-7-9-11-13-15-24-28-32-36-40-44-50(55)49(48-54)53-51(56)45-41-37-33-29-25-22-20-18-17-19-21-23-27-31-35-39-43-47-58-52(57)46-42-38-34-30-26-16-14-12-10-8-6-4-2/h17,19,23,27,40,44,49-50,54-55H,3-16,18,20-22,24-26,28-39,41-43,45-48H2,1-2H3,(H,53,56)/b19-17-,27-23-,44-40+. The normalized spacial score (nSPS) is 13.0. The predicted octanol–water partition coefficient (Wildman–Crippen LogP) is 14.9. The van der Waals surface area contributed by atoms with Gasteiger partial charge in [0.15, 0.2) is 0 Å². The van der Waals surface area contributed by atoms with Gasteiger partial charge in [-0.25, -0.2) is 0 Å². The molecule has 0 saturated heterocycles. The molecule has 0 rings (SSSR count). The van der Waals surface area contributed by atoms with Gasteiger partial charge in [-0.15, -0.1) is 0 Å². The molecule has 1 amide bonds. The first-order valence-electron chi connectivity index (χ1n) is 25.3. The topological polar surface area (TPSA) is 95.9 Å². The van der Waals surface area contributed by atoms with Crippen molar-refractivity contribution in [2.24, 2.45) is 0 Å². The number of allylic oxidation sites excluding steroid dienone is 5. The minimum Gasteiger partial charge on any atom is -0.466 e. The van der Waals surface area contributed by atoms with Crippen LogP contribution in [0.5, 0.6) is 0 Å². The lowest BCUT2D eigenvalue weighted by molar-refractivity contribution is -0.143. The smallest absolute Gasteiger partial charge is 0.305 e. The summed E-state index contributed by atoms with van der Waals surface area (Å²) in [5.74, 6) is -0.102. The summed E-state index contributed by atoms with van der Waals surface area (Å²) in [6.45, 7) is 4.84. The molecule has 0 heterocycles. The fraction of sp³-hybridized carbons (Fsp3) is 0.846. The van der Waals surface area contributed by atoms with Gasteiger partial charge in [-0.1, -0.05) is 211 Å². The lowest BCUT2D eigenvalue weighted by Gasteiger charge is -2.20. The number of ether oxygens (including phenoxy) is 1. The molecule has 340 valence electrons. The van der Waals surface area contributed by atoms with Gasteiger partial charge >= 0.3 is 5.97 Å². The second-order valence-electron chi connectivity index (χ2n) is 17.1. The molecule has 0 saturated carbocycles. The number of hydrogen-bond donors (Lipinski definition) is 3. The molecule has 6 nitrogen and oxygen atoms in total. The zero-order chi connectivity index (χ0) is 42.3. The van der Waals surface area contributed by atoms with E-state index in [1.807, 2.05) is 6.08 Å². The van der Waals surface area contributed by atoms with Gasteiger partial charge in [0.1, 0.15) is 0 Å². The Kier molecular flexibility index (Phi) is 46.2. The Balaban J connectivity index is 3.53. The van der Waals surface area contributed by atoms with Gasteiger partial charge in [0.05, 0.1) is 25.4 Å². The van der Waals surface area contributed by atoms with E-state index in [-0.39, 0.29) is 18.5 Å². The van der Waals surface area contributed by atoms with Gasteiger partial charge in [0.25, 0.3) is 0 Å². The van der Waals surface area contributed by atoms with Crippen LogP contribution >= 0.6 is 0 Å². The average molecular weight is 816 g/mol. The van der Waals surface area contributed by atoms with Crippen molar-refractivity contribution in [1.29, 1.82) is 0 Å². The largest absolute Gasteiger partial charge is 0.466 e. The van der Waals surface area contributed by atoms with Crippen LogP contribution in [-0.2, 0) is 14.3 Å². The Morgan fingerprint density at radius 2 is 0.862 bits per heavy atom. The number of unbranched alkanes of at least 4 members (excludes halogenated alkanes) is 31. The molecule has 0 aromatic heterocycles. The van der Waals surface area contributed by atoms with E-state index in [0.29, 0.717) is 19.4 Å². The maximum Gasteiger partial charge on any atom is 0.305 e. The van der Waals surface area contributed by atoms with Gasteiger partial charge in [-0.2, -0.15) is 0 Å². The van der Waals surface area contributed by atoms with Crippen molar-refractivity contribution in [2.45, 2.75) is 270 Å². The van der Waals surface area contributed by atoms with Gasteiger partial charge < -0.3 is 20.3 Å². The lowest BCUT2D eigenvalue weighted by atomic mass is 10.0. The summed E-state index contributed by atoms with van der Waals surface area (Å²) < 4.78 is 5.43. The summed E-state index contributed by atoms with van der Waals surface area (Å²) in [5.41, 5.74) is 0. The molecule has 0 radical (unpaired) electrons. The highest BCUT2D eigenvalue weighted by molar-refractivity contribution is 5.76. The summed E-state index contributed by atoms with van der Waals surface area (Å²) >= 11 is 0. The molecular formula is C52H97NO5. The van der Waals surface area contributed by atoms with Crippen LogP contribution in [0.25, 0.3) is 0 Å². The van der Waals surface area contributed by atoms with Gasteiger partial charge in [-0.05, 0) is 70.6 Å². The van der Waals surface area contributed by atoms with Crippen LogP contribution in [0.4, 0.5) is 0 Å². The number of amides is 1. The van der Waals surface area contributed by atoms with Crippen molar-refractivity contribution in [3.8, 4) is 0 Å². The van der Waals surface area contributed by atoms with E-state index >= 15 is 0 Å². The molecular weight excluding hydrogens is 719 g/mol. The maximum atomic E-state index is 12.4. The Morgan fingerprint density at radius 1 is 0.483 bits per heavy atom. The molecule has 6 heteroatoms. The van der Waals surface area contributed by atoms with E-state index in [1.54, 1.807) is 6.08 Å². The number of carbonyl (C=O) groups excluding carboxylic acids is 2. The van der Waals surface area contributed by atoms with Crippen molar-refractivity contribution < 1.29 is 24.5 Å². The van der Waals surface area contributed by atoms with Crippen LogP contribution < -0.4 is 5.32 Å². The fourth-order valence-electron chi connectivity index (χ4n) is 7.49. The Hall–Kier alpha value is -1.92. The third kappa shape index (κ3) is 43.7. The summed E-state index contributed by atoms with van der Waals surface area (Å²) in [5, 5.41) is 23.0. The van der Waals surface area contributed by atoms with E-state index < -0.39 is 12.1 Å². The predicted molar refractivity (Wildman–Crippen MR) is 250 cm³/mol.